The molecule has 0 bridgehead atoms. The predicted octanol–water partition coefficient (Wildman–Crippen LogP) is -0.0375. The molecule has 128 valence electrons. The number of carboxylic acids is 3. The molecule has 0 aliphatic carbocycles. The molecule has 0 radical (unpaired) electrons. The Bertz CT molecular complexity index is 376. The standard InChI is InChI=1S/3C4H7NO2.H3N/c3*1-3(5)2-4(6)7;/h3*2H,5H2,1H3,(H,6,7);1H3/b3*3-2-;. The van der Waals surface area contributed by atoms with Gasteiger partial charge in [0.25, 0.3) is 0 Å². The minimum atomic E-state index is -1.000. The van der Waals surface area contributed by atoms with E-state index in [2.05, 4.69) is 0 Å². The fourth-order valence-corrected chi connectivity index (χ4v) is 0.584. The molecule has 0 aromatic rings. The number of aliphatic carboxylic acids is 3. The van der Waals surface area contributed by atoms with Gasteiger partial charge in [-0.3, -0.25) is 0 Å². The predicted molar refractivity (Wildman–Crippen MR) is 81.8 cm³/mol. The number of hydrogen-bond donors (Lipinski definition) is 7. The van der Waals surface area contributed by atoms with Crippen molar-refractivity contribution >= 4 is 17.9 Å². The lowest BCUT2D eigenvalue weighted by molar-refractivity contribution is -0.132. The molecule has 0 aromatic heterocycles. The van der Waals surface area contributed by atoms with E-state index in [1.165, 1.54) is 20.8 Å². The van der Waals surface area contributed by atoms with Crippen LogP contribution in [0.15, 0.2) is 35.3 Å². The minimum Gasteiger partial charge on any atom is -0.478 e. The zero-order valence-corrected chi connectivity index (χ0v) is 12.7. The highest BCUT2D eigenvalue weighted by Crippen LogP contribution is 1.77. The Morgan fingerprint density at radius 2 is 0.773 bits per heavy atom. The quantitative estimate of drug-likeness (QED) is 0.343. The summed E-state index contributed by atoms with van der Waals surface area (Å²) in [6, 6.07) is 0. The Kier molecular flexibility index (Phi) is 19.9. The van der Waals surface area contributed by atoms with Gasteiger partial charge < -0.3 is 38.7 Å². The lowest BCUT2D eigenvalue weighted by atomic mass is 10.5. The van der Waals surface area contributed by atoms with Crippen LogP contribution in [0.2, 0.25) is 0 Å². The van der Waals surface area contributed by atoms with E-state index >= 15 is 0 Å². The number of rotatable bonds is 3. The second-order valence-corrected chi connectivity index (χ2v) is 3.68. The van der Waals surface area contributed by atoms with Gasteiger partial charge in [-0.05, 0) is 20.8 Å². The van der Waals surface area contributed by atoms with Crippen LogP contribution in [0, 0.1) is 0 Å². The summed E-state index contributed by atoms with van der Waals surface area (Å²) in [6.45, 7) is 4.57. The first kappa shape index (κ1) is 27.4. The monoisotopic (exact) mass is 320 g/mol. The minimum absolute atomic E-state index is 0. The highest BCUT2D eigenvalue weighted by Gasteiger charge is 1.85. The normalized spacial score (nSPS) is 10.8. The molecule has 0 unspecified atom stereocenters. The molecule has 0 atom stereocenters. The van der Waals surface area contributed by atoms with E-state index in [1.807, 2.05) is 0 Å². The third-order valence-corrected chi connectivity index (χ3v) is 1.05. The van der Waals surface area contributed by atoms with E-state index in [1.54, 1.807) is 0 Å². The van der Waals surface area contributed by atoms with Crippen LogP contribution in [-0.2, 0) is 14.4 Å². The van der Waals surface area contributed by atoms with Crippen molar-refractivity contribution in [2.24, 2.45) is 17.2 Å². The highest BCUT2D eigenvalue weighted by atomic mass is 16.4. The molecule has 0 aliphatic heterocycles. The zero-order valence-electron chi connectivity index (χ0n) is 12.7. The molecular formula is C12H24N4O6. The second-order valence-electron chi connectivity index (χ2n) is 3.68. The Balaban J connectivity index is -0.000000108. The third-order valence-electron chi connectivity index (χ3n) is 1.05. The van der Waals surface area contributed by atoms with Crippen molar-refractivity contribution in [1.82, 2.24) is 6.15 Å². The Hall–Kier alpha value is -3.01. The summed E-state index contributed by atoms with van der Waals surface area (Å²) in [4.78, 5) is 29.0. The summed E-state index contributed by atoms with van der Waals surface area (Å²) in [5.41, 5.74) is 15.9. The summed E-state index contributed by atoms with van der Waals surface area (Å²) in [5, 5.41) is 23.8. The van der Waals surface area contributed by atoms with Gasteiger partial charge in [-0.1, -0.05) is 0 Å². The smallest absolute Gasteiger partial charge is 0.330 e. The van der Waals surface area contributed by atoms with Crippen molar-refractivity contribution in [3.63, 3.8) is 0 Å². The number of allylic oxidation sites excluding steroid dienone is 3. The molecule has 0 saturated carbocycles. The zero-order chi connectivity index (χ0) is 17.6. The van der Waals surface area contributed by atoms with Gasteiger partial charge in [0.05, 0.1) is 0 Å². The van der Waals surface area contributed by atoms with Gasteiger partial charge in [-0.25, -0.2) is 14.4 Å². The van der Waals surface area contributed by atoms with Gasteiger partial charge in [0.15, 0.2) is 0 Å². The number of carboxylic acid groups (broad SMARTS) is 3. The van der Waals surface area contributed by atoms with Crippen LogP contribution in [0.3, 0.4) is 0 Å². The molecule has 0 rings (SSSR count). The maximum Gasteiger partial charge on any atom is 0.330 e. The highest BCUT2D eigenvalue weighted by molar-refractivity contribution is 5.80. The van der Waals surface area contributed by atoms with E-state index in [0.29, 0.717) is 17.1 Å². The average Bonchev–Trinajstić information content (AvgIpc) is 2.10. The van der Waals surface area contributed by atoms with Crippen molar-refractivity contribution in [1.29, 1.82) is 0 Å². The molecule has 0 amide bonds. The van der Waals surface area contributed by atoms with Gasteiger partial charge in [0.2, 0.25) is 0 Å². The molecule has 12 N–H and O–H groups in total. The van der Waals surface area contributed by atoms with E-state index < -0.39 is 17.9 Å². The van der Waals surface area contributed by atoms with Gasteiger partial charge in [0.1, 0.15) is 0 Å². The van der Waals surface area contributed by atoms with Gasteiger partial charge in [-0.2, -0.15) is 0 Å². The fourth-order valence-electron chi connectivity index (χ4n) is 0.584. The average molecular weight is 320 g/mol. The van der Waals surface area contributed by atoms with Crippen molar-refractivity contribution < 1.29 is 29.7 Å². The molecule has 10 nitrogen and oxygen atoms in total. The first-order valence-corrected chi connectivity index (χ1v) is 5.38. The molecule has 0 aromatic carbocycles. The maximum absolute atomic E-state index is 9.65. The van der Waals surface area contributed by atoms with Crippen LogP contribution >= 0.6 is 0 Å². The van der Waals surface area contributed by atoms with Gasteiger partial charge in [0, 0.05) is 35.3 Å². The molecule has 0 spiro atoms. The van der Waals surface area contributed by atoms with Crippen molar-refractivity contribution in [3.05, 3.63) is 35.3 Å². The summed E-state index contributed by atoms with van der Waals surface area (Å²) >= 11 is 0. The van der Waals surface area contributed by atoms with Crippen LogP contribution in [-0.4, -0.2) is 33.2 Å². The topological polar surface area (TPSA) is 225 Å². The Morgan fingerprint density at radius 1 is 0.636 bits per heavy atom. The molecule has 0 aliphatic rings. The fraction of sp³-hybridized carbons (Fsp3) is 0.250. The van der Waals surface area contributed by atoms with E-state index in [-0.39, 0.29) is 6.15 Å². The van der Waals surface area contributed by atoms with Gasteiger partial charge >= 0.3 is 17.9 Å². The summed E-state index contributed by atoms with van der Waals surface area (Å²) < 4.78 is 0. The number of nitrogens with two attached hydrogens (primary N) is 3. The SMILES string of the molecule is C/C(N)=C/C(=O)O.C/C(N)=C/C(=O)O.C/C(N)=C/C(=O)O.N. The molecule has 0 saturated heterocycles. The van der Waals surface area contributed by atoms with Crippen LogP contribution in [0.4, 0.5) is 0 Å². The van der Waals surface area contributed by atoms with Gasteiger partial charge in [-0.15, -0.1) is 0 Å². The lowest BCUT2D eigenvalue weighted by Gasteiger charge is -1.81. The van der Waals surface area contributed by atoms with Crippen molar-refractivity contribution in [3.8, 4) is 0 Å². The van der Waals surface area contributed by atoms with Crippen molar-refractivity contribution in [2.75, 3.05) is 0 Å². The first-order valence-electron chi connectivity index (χ1n) is 5.38. The number of hydrogen-bond acceptors (Lipinski definition) is 7. The Morgan fingerprint density at radius 3 is 0.773 bits per heavy atom. The van der Waals surface area contributed by atoms with Crippen LogP contribution in [0.1, 0.15) is 20.8 Å². The Labute approximate surface area is 128 Å². The largest absolute Gasteiger partial charge is 0.478 e. The molecule has 22 heavy (non-hydrogen) atoms. The third kappa shape index (κ3) is 53.7. The summed E-state index contributed by atoms with van der Waals surface area (Å²) in [5.74, 6) is -3.00. The number of carbonyl (C=O) groups is 3. The second kappa shape index (κ2) is 16.0. The van der Waals surface area contributed by atoms with Crippen LogP contribution in [0.5, 0.6) is 0 Å². The van der Waals surface area contributed by atoms with E-state index in [9.17, 15) is 14.4 Å². The first-order chi connectivity index (χ1) is 9.38. The van der Waals surface area contributed by atoms with E-state index in [0.717, 1.165) is 18.2 Å². The molecular weight excluding hydrogens is 296 g/mol. The summed E-state index contributed by atoms with van der Waals surface area (Å²) in [7, 11) is 0. The van der Waals surface area contributed by atoms with Crippen molar-refractivity contribution in [2.45, 2.75) is 20.8 Å². The van der Waals surface area contributed by atoms with E-state index in [4.69, 9.17) is 32.5 Å². The molecule has 10 heteroatoms. The molecule has 0 fully saturated rings. The maximum atomic E-state index is 9.65. The molecule has 0 heterocycles. The van der Waals surface area contributed by atoms with Crippen LogP contribution in [0.25, 0.3) is 0 Å². The van der Waals surface area contributed by atoms with Crippen LogP contribution < -0.4 is 23.4 Å². The lowest BCUT2D eigenvalue weighted by Crippen LogP contribution is -1.96. The summed E-state index contributed by atoms with van der Waals surface area (Å²) in [6.07, 6.45) is 2.83.